The fraction of sp³-hybridized carbons (Fsp3) is 0.385. The number of fused-ring (bicyclic) bond motifs is 1. The number of hydrogen-bond donors (Lipinski definition) is 1. The number of nitrogens with one attached hydrogen (secondary N) is 1. The maximum atomic E-state index is 12.1. The molecule has 0 atom stereocenters. The number of rotatable bonds is 2. The van der Waals surface area contributed by atoms with Crippen LogP contribution in [-0.4, -0.2) is 24.5 Å². The molecule has 0 unspecified atom stereocenters. The lowest BCUT2D eigenvalue weighted by Crippen LogP contribution is -2.55. The predicted octanol–water partition coefficient (Wildman–Crippen LogP) is 3.45. The van der Waals surface area contributed by atoms with E-state index >= 15 is 0 Å². The summed E-state index contributed by atoms with van der Waals surface area (Å²) in [5.41, 5.74) is -0.0602. The van der Waals surface area contributed by atoms with Crippen LogP contribution in [0.4, 0.5) is 0 Å². The number of halogens is 4. The molecule has 1 N–H and O–H groups in total. The second-order valence-corrected chi connectivity index (χ2v) is 6.33. The van der Waals surface area contributed by atoms with Gasteiger partial charge in [-0.25, -0.2) is 4.79 Å². The lowest BCUT2D eigenvalue weighted by molar-refractivity contribution is -0.150. The molecule has 0 radical (unpaired) electrons. The first-order valence-electron chi connectivity index (χ1n) is 5.94. The van der Waals surface area contributed by atoms with Gasteiger partial charge < -0.3 is 10.1 Å². The SMILES string of the molecule is COC(=O)C1(NC(C)=O)Cc2c(Cl)c(Cl)c(Cl)c(Cl)c2C1. The third-order valence-corrected chi connectivity index (χ3v) is 5.30. The van der Waals surface area contributed by atoms with E-state index in [0.717, 1.165) is 0 Å². The molecule has 0 spiro atoms. The first-order valence-corrected chi connectivity index (χ1v) is 7.45. The van der Waals surface area contributed by atoms with E-state index in [9.17, 15) is 9.59 Å². The molecule has 1 aromatic rings. The molecule has 0 fully saturated rings. The van der Waals surface area contributed by atoms with Crippen LogP contribution in [0.2, 0.25) is 20.1 Å². The number of benzene rings is 1. The van der Waals surface area contributed by atoms with Crippen LogP contribution in [0.25, 0.3) is 0 Å². The van der Waals surface area contributed by atoms with Crippen LogP contribution in [0, 0.1) is 0 Å². The summed E-state index contributed by atoms with van der Waals surface area (Å²) in [4.78, 5) is 23.6. The van der Waals surface area contributed by atoms with Gasteiger partial charge in [0.1, 0.15) is 5.54 Å². The summed E-state index contributed by atoms with van der Waals surface area (Å²) in [5, 5.41) is 3.36. The van der Waals surface area contributed by atoms with Crippen LogP contribution in [-0.2, 0) is 27.2 Å². The minimum atomic E-state index is -1.25. The lowest BCUT2D eigenvalue weighted by Gasteiger charge is -2.26. The topological polar surface area (TPSA) is 55.4 Å². The van der Waals surface area contributed by atoms with Crippen molar-refractivity contribution in [2.45, 2.75) is 25.3 Å². The second kappa shape index (κ2) is 5.84. The molecule has 0 saturated carbocycles. The minimum absolute atomic E-state index is 0.130. The van der Waals surface area contributed by atoms with Crippen LogP contribution < -0.4 is 5.32 Å². The van der Waals surface area contributed by atoms with Crippen molar-refractivity contribution in [2.24, 2.45) is 0 Å². The Balaban J connectivity index is 2.59. The first kappa shape index (κ1) is 16.7. The van der Waals surface area contributed by atoms with Gasteiger partial charge in [-0.3, -0.25) is 4.79 Å². The van der Waals surface area contributed by atoms with Crippen molar-refractivity contribution >= 4 is 58.3 Å². The molecule has 21 heavy (non-hydrogen) atoms. The molecule has 0 heterocycles. The summed E-state index contributed by atoms with van der Waals surface area (Å²) >= 11 is 24.4. The molecule has 0 aliphatic heterocycles. The van der Waals surface area contributed by atoms with Crippen LogP contribution in [0.1, 0.15) is 18.1 Å². The molecule has 4 nitrogen and oxygen atoms in total. The van der Waals surface area contributed by atoms with E-state index in [4.69, 9.17) is 51.1 Å². The largest absolute Gasteiger partial charge is 0.467 e. The average molecular weight is 371 g/mol. The quantitative estimate of drug-likeness (QED) is 0.492. The van der Waals surface area contributed by atoms with Gasteiger partial charge in [-0.1, -0.05) is 46.4 Å². The van der Waals surface area contributed by atoms with Crippen molar-refractivity contribution in [3.8, 4) is 0 Å². The number of carbonyl (C=O) groups is 2. The zero-order chi connectivity index (χ0) is 15.9. The van der Waals surface area contributed by atoms with Crippen molar-refractivity contribution in [1.29, 1.82) is 0 Å². The first-order chi connectivity index (χ1) is 9.73. The molecule has 2 rings (SSSR count). The summed E-state index contributed by atoms with van der Waals surface area (Å²) < 4.78 is 4.80. The Morgan fingerprint density at radius 2 is 1.43 bits per heavy atom. The number of ether oxygens (including phenoxy) is 1. The molecule has 1 aliphatic carbocycles. The van der Waals surface area contributed by atoms with Crippen LogP contribution >= 0.6 is 46.4 Å². The Morgan fingerprint density at radius 3 is 1.76 bits per heavy atom. The van der Waals surface area contributed by atoms with Gasteiger partial charge in [0.15, 0.2) is 0 Å². The molecule has 114 valence electrons. The molecule has 0 aromatic heterocycles. The number of hydrogen-bond acceptors (Lipinski definition) is 3. The van der Waals surface area contributed by atoms with Crippen LogP contribution in [0.3, 0.4) is 0 Å². The van der Waals surface area contributed by atoms with E-state index in [1.165, 1.54) is 14.0 Å². The molecule has 0 bridgehead atoms. The molecule has 1 aliphatic rings. The van der Waals surface area contributed by atoms with Crippen molar-refractivity contribution < 1.29 is 14.3 Å². The van der Waals surface area contributed by atoms with Crippen LogP contribution in [0.15, 0.2) is 0 Å². The Kier molecular flexibility index (Phi) is 4.64. The highest BCUT2D eigenvalue weighted by atomic mass is 35.5. The minimum Gasteiger partial charge on any atom is -0.467 e. The Bertz CT molecular complexity index is 608. The fourth-order valence-corrected chi connectivity index (χ4v) is 3.64. The zero-order valence-corrected chi connectivity index (χ0v) is 14.2. The van der Waals surface area contributed by atoms with Gasteiger partial charge in [0, 0.05) is 19.8 Å². The summed E-state index contributed by atoms with van der Waals surface area (Å²) in [5.74, 6) is -0.939. The van der Waals surface area contributed by atoms with E-state index in [0.29, 0.717) is 11.1 Å². The number of esters is 1. The van der Waals surface area contributed by atoms with Gasteiger partial charge in [0.05, 0.1) is 27.2 Å². The van der Waals surface area contributed by atoms with Crippen molar-refractivity contribution in [2.75, 3.05) is 7.11 Å². The number of methoxy groups -OCH3 is 1. The van der Waals surface area contributed by atoms with Crippen molar-refractivity contribution in [3.63, 3.8) is 0 Å². The summed E-state index contributed by atoms with van der Waals surface area (Å²) in [6, 6.07) is 0. The Hall–Kier alpha value is -0.680. The zero-order valence-electron chi connectivity index (χ0n) is 11.2. The molecule has 1 aromatic carbocycles. The third-order valence-electron chi connectivity index (χ3n) is 3.42. The number of amides is 1. The monoisotopic (exact) mass is 369 g/mol. The predicted molar refractivity (Wildman–Crippen MR) is 82.5 cm³/mol. The fourth-order valence-electron chi connectivity index (χ4n) is 2.57. The highest BCUT2D eigenvalue weighted by Gasteiger charge is 2.48. The molecular weight excluding hydrogens is 360 g/mol. The molecule has 1 amide bonds. The maximum Gasteiger partial charge on any atom is 0.332 e. The smallest absolute Gasteiger partial charge is 0.332 e. The average Bonchev–Trinajstić information content (AvgIpc) is 2.82. The highest BCUT2D eigenvalue weighted by molar-refractivity contribution is 6.52. The van der Waals surface area contributed by atoms with E-state index in [1.807, 2.05) is 0 Å². The van der Waals surface area contributed by atoms with Gasteiger partial charge in [-0.15, -0.1) is 0 Å². The Labute approximate surface area is 141 Å². The third kappa shape index (κ3) is 2.70. The van der Waals surface area contributed by atoms with E-state index in [1.54, 1.807) is 0 Å². The van der Waals surface area contributed by atoms with Gasteiger partial charge >= 0.3 is 5.97 Å². The van der Waals surface area contributed by atoms with E-state index in [-0.39, 0.29) is 38.8 Å². The maximum absolute atomic E-state index is 12.1. The second-order valence-electron chi connectivity index (χ2n) is 4.82. The van der Waals surface area contributed by atoms with Gasteiger partial charge in [0.2, 0.25) is 5.91 Å². The summed E-state index contributed by atoms with van der Waals surface area (Å²) in [6.07, 6.45) is 0.286. The lowest BCUT2D eigenvalue weighted by atomic mass is 9.95. The molecular formula is C13H11Cl4NO3. The normalized spacial score (nSPS) is 15.5. The van der Waals surface area contributed by atoms with Gasteiger partial charge in [-0.2, -0.15) is 0 Å². The van der Waals surface area contributed by atoms with Crippen molar-refractivity contribution in [1.82, 2.24) is 5.32 Å². The van der Waals surface area contributed by atoms with E-state index < -0.39 is 11.5 Å². The van der Waals surface area contributed by atoms with Crippen LogP contribution in [0.5, 0.6) is 0 Å². The summed E-state index contributed by atoms with van der Waals surface area (Å²) in [6.45, 7) is 1.32. The molecule has 8 heteroatoms. The summed E-state index contributed by atoms with van der Waals surface area (Å²) in [7, 11) is 1.25. The molecule has 0 saturated heterocycles. The number of carbonyl (C=O) groups excluding carboxylic acids is 2. The highest BCUT2D eigenvalue weighted by Crippen LogP contribution is 2.47. The van der Waals surface area contributed by atoms with Gasteiger partial charge in [-0.05, 0) is 11.1 Å². The Morgan fingerprint density at radius 1 is 1.00 bits per heavy atom. The standard InChI is InChI=1S/C13H11Cl4NO3/c1-5(19)18-13(12(20)21-2)3-6-7(4-13)9(15)11(17)10(16)8(6)14/h3-4H2,1-2H3,(H,18,19). The van der Waals surface area contributed by atoms with Crippen molar-refractivity contribution in [3.05, 3.63) is 31.2 Å². The van der Waals surface area contributed by atoms with E-state index in [2.05, 4.69) is 5.32 Å². The van der Waals surface area contributed by atoms with Gasteiger partial charge in [0.25, 0.3) is 0 Å².